The van der Waals surface area contributed by atoms with Gasteiger partial charge in [0.05, 0.1) is 7.11 Å². The Balaban J connectivity index is 3.57. The molecule has 0 aromatic heterocycles. The summed E-state index contributed by atoms with van der Waals surface area (Å²) in [7, 11) is 3.48. The van der Waals surface area contributed by atoms with Gasteiger partial charge in [-0.3, -0.25) is 4.79 Å². The van der Waals surface area contributed by atoms with Gasteiger partial charge in [0.1, 0.15) is 0 Å². The van der Waals surface area contributed by atoms with E-state index in [1.165, 1.54) is 7.11 Å². The van der Waals surface area contributed by atoms with Gasteiger partial charge in [-0.05, 0) is 40.3 Å². The average molecular weight is 216 g/mol. The molecule has 0 saturated carbocycles. The van der Waals surface area contributed by atoms with Crippen LogP contribution in [0, 0.1) is 0 Å². The van der Waals surface area contributed by atoms with Crippen molar-refractivity contribution < 1.29 is 9.53 Å². The van der Waals surface area contributed by atoms with Gasteiger partial charge >= 0.3 is 5.97 Å². The molecule has 0 aliphatic carbocycles. The molecule has 0 aromatic carbocycles. The minimum Gasteiger partial charge on any atom is -0.469 e. The number of hydrogen-bond donors (Lipinski definition) is 1. The summed E-state index contributed by atoms with van der Waals surface area (Å²) in [6, 6.07) is 0.628. The van der Waals surface area contributed by atoms with E-state index in [1.807, 2.05) is 0 Å². The van der Waals surface area contributed by atoms with Crippen molar-refractivity contribution in [2.45, 2.75) is 45.2 Å². The Kier molecular flexibility index (Phi) is 7.34. The van der Waals surface area contributed by atoms with E-state index in [4.69, 9.17) is 5.73 Å². The van der Waals surface area contributed by atoms with Crippen molar-refractivity contribution in [3.63, 3.8) is 0 Å². The Morgan fingerprint density at radius 2 is 2.00 bits per heavy atom. The van der Waals surface area contributed by atoms with Crippen molar-refractivity contribution in [1.29, 1.82) is 0 Å². The third-order valence-corrected chi connectivity index (χ3v) is 2.68. The molecule has 1 unspecified atom stereocenters. The van der Waals surface area contributed by atoms with Crippen LogP contribution in [0.3, 0.4) is 0 Å². The molecule has 4 heteroatoms. The maximum atomic E-state index is 10.9. The number of esters is 1. The molecule has 4 nitrogen and oxygen atoms in total. The standard InChI is InChI=1S/C11H24N2O2/c1-9(2)13(3)8-7-10(12)5-6-11(14)15-4/h9-10H,5-8,12H2,1-4H3. The van der Waals surface area contributed by atoms with Gasteiger partial charge in [-0.15, -0.1) is 0 Å². The van der Waals surface area contributed by atoms with Crippen molar-refractivity contribution in [1.82, 2.24) is 4.90 Å². The van der Waals surface area contributed by atoms with Crippen LogP contribution in [0.1, 0.15) is 33.1 Å². The molecule has 1 atom stereocenters. The quantitative estimate of drug-likeness (QED) is 0.645. The molecule has 0 aromatic rings. The molecule has 0 amide bonds. The van der Waals surface area contributed by atoms with Crippen LogP contribution in [0.25, 0.3) is 0 Å². The number of carbonyl (C=O) groups excluding carboxylic acids is 1. The first-order valence-electron chi connectivity index (χ1n) is 5.50. The minimum atomic E-state index is -0.178. The zero-order valence-electron chi connectivity index (χ0n) is 10.3. The van der Waals surface area contributed by atoms with E-state index in [0.717, 1.165) is 13.0 Å². The molecule has 2 N–H and O–H groups in total. The fourth-order valence-electron chi connectivity index (χ4n) is 1.18. The molecule has 0 rings (SSSR count). The molecule has 0 aliphatic rings. The lowest BCUT2D eigenvalue weighted by Crippen LogP contribution is -2.32. The minimum absolute atomic E-state index is 0.0882. The Morgan fingerprint density at radius 1 is 1.40 bits per heavy atom. The second-order valence-corrected chi connectivity index (χ2v) is 4.24. The summed E-state index contributed by atoms with van der Waals surface area (Å²) in [6.45, 7) is 5.28. The molecule has 0 fully saturated rings. The van der Waals surface area contributed by atoms with E-state index in [1.54, 1.807) is 0 Å². The number of rotatable bonds is 7. The lowest BCUT2D eigenvalue weighted by molar-refractivity contribution is -0.140. The molecule has 0 spiro atoms. The highest BCUT2D eigenvalue weighted by molar-refractivity contribution is 5.69. The predicted octanol–water partition coefficient (Wildman–Crippen LogP) is 0.997. The van der Waals surface area contributed by atoms with Crippen LogP contribution in [0.2, 0.25) is 0 Å². The van der Waals surface area contributed by atoms with Gasteiger partial charge in [0, 0.05) is 18.5 Å². The average Bonchev–Trinajstić information content (AvgIpc) is 2.21. The smallest absolute Gasteiger partial charge is 0.305 e. The Hall–Kier alpha value is -0.610. The fraction of sp³-hybridized carbons (Fsp3) is 0.909. The lowest BCUT2D eigenvalue weighted by atomic mass is 10.1. The van der Waals surface area contributed by atoms with Gasteiger partial charge in [0.25, 0.3) is 0 Å². The molecule has 90 valence electrons. The molecular weight excluding hydrogens is 192 g/mol. The molecular formula is C11H24N2O2. The first kappa shape index (κ1) is 14.4. The number of methoxy groups -OCH3 is 1. The van der Waals surface area contributed by atoms with Gasteiger partial charge in [-0.25, -0.2) is 0 Å². The summed E-state index contributed by atoms with van der Waals surface area (Å²) in [6.07, 6.45) is 2.05. The van der Waals surface area contributed by atoms with Crippen molar-refractivity contribution in [2.75, 3.05) is 20.7 Å². The second-order valence-electron chi connectivity index (χ2n) is 4.24. The Morgan fingerprint density at radius 3 is 2.47 bits per heavy atom. The zero-order chi connectivity index (χ0) is 11.8. The first-order valence-corrected chi connectivity index (χ1v) is 5.50. The van der Waals surface area contributed by atoms with E-state index >= 15 is 0 Å². The van der Waals surface area contributed by atoms with Crippen LogP contribution in [-0.2, 0) is 9.53 Å². The van der Waals surface area contributed by atoms with E-state index in [9.17, 15) is 4.79 Å². The number of nitrogens with zero attached hydrogens (tertiary/aromatic N) is 1. The summed E-state index contributed by atoms with van der Waals surface area (Å²) in [4.78, 5) is 13.1. The van der Waals surface area contributed by atoms with E-state index in [2.05, 4.69) is 30.5 Å². The Labute approximate surface area is 92.8 Å². The number of carbonyl (C=O) groups is 1. The predicted molar refractivity (Wildman–Crippen MR) is 61.6 cm³/mol. The summed E-state index contributed by atoms with van der Waals surface area (Å²) >= 11 is 0. The van der Waals surface area contributed by atoms with Gasteiger partial charge in [0.15, 0.2) is 0 Å². The number of ether oxygens (including phenoxy) is 1. The van der Waals surface area contributed by atoms with Crippen LogP contribution < -0.4 is 5.73 Å². The topological polar surface area (TPSA) is 55.6 Å². The molecule has 0 radical (unpaired) electrons. The third-order valence-electron chi connectivity index (χ3n) is 2.68. The van der Waals surface area contributed by atoms with Crippen LogP contribution in [0.15, 0.2) is 0 Å². The van der Waals surface area contributed by atoms with E-state index in [-0.39, 0.29) is 12.0 Å². The van der Waals surface area contributed by atoms with Crippen molar-refractivity contribution in [2.24, 2.45) is 5.73 Å². The highest BCUT2D eigenvalue weighted by Gasteiger charge is 2.09. The Bertz CT molecular complexity index is 183. The molecule has 0 aliphatic heterocycles. The summed E-state index contributed by atoms with van der Waals surface area (Å²) < 4.78 is 4.56. The first-order chi connectivity index (χ1) is 6.97. The van der Waals surface area contributed by atoms with Gasteiger partial charge in [-0.1, -0.05) is 0 Å². The zero-order valence-corrected chi connectivity index (χ0v) is 10.3. The van der Waals surface area contributed by atoms with Crippen LogP contribution >= 0.6 is 0 Å². The van der Waals surface area contributed by atoms with Crippen molar-refractivity contribution in [3.8, 4) is 0 Å². The van der Waals surface area contributed by atoms with Crippen molar-refractivity contribution in [3.05, 3.63) is 0 Å². The SMILES string of the molecule is COC(=O)CCC(N)CCN(C)C(C)C. The van der Waals surface area contributed by atoms with Crippen LogP contribution in [0.5, 0.6) is 0 Å². The molecule has 0 heterocycles. The second kappa shape index (κ2) is 7.65. The van der Waals surface area contributed by atoms with E-state index < -0.39 is 0 Å². The normalized spacial score (nSPS) is 13.3. The highest BCUT2D eigenvalue weighted by Crippen LogP contribution is 2.03. The summed E-state index contributed by atoms with van der Waals surface area (Å²) in [5.74, 6) is -0.178. The largest absolute Gasteiger partial charge is 0.469 e. The highest BCUT2D eigenvalue weighted by atomic mass is 16.5. The van der Waals surface area contributed by atoms with Crippen LogP contribution in [-0.4, -0.2) is 43.7 Å². The molecule has 0 saturated heterocycles. The number of nitrogens with two attached hydrogens (primary N) is 1. The van der Waals surface area contributed by atoms with E-state index in [0.29, 0.717) is 18.9 Å². The third kappa shape index (κ3) is 7.33. The van der Waals surface area contributed by atoms with Crippen molar-refractivity contribution >= 4 is 5.97 Å². The summed E-state index contributed by atoms with van der Waals surface area (Å²) in [5.41, 5.74) is 5.89. The lowest BCUT2D eigenvalue weighted by Gasteiger charge is -2.22. The fourth-order valence-corrected chi connectivity index (χ4v) is 1.18. The summed E-state index contributed by atoms with van der Waals surface area (Å²) in [5, 5.41) is 0. The maximum Gasteiger partial charge on any atom is 0.305 e. The van der Waals surface area contributed by atoms with Crippen LogP contribution in [0.4, 0.5) is 0 Å². The number of hydrogen-bond acceptors (Lipinski definition) is 4. The van der Waals surface area contributed by atoms with Gasteiger partial charge < -0.3 is 15.4 Å². The van der Waals surface area contributed by atoms with Gasteiger partial charge in [0.2, 0.25) is 0 Å². The van der Waals surface area contributed by atoms with Gasteiger partial charge in [-0.2, -0.15) is 0 Å². The molecule has 0 bridgehead atoms. The monoisotopic (exact) mass is 216 g/mol. The maximum absolute atomic E-state index is 10.9. The molecule has 15 heavy (non-hydrogen) atoms.